The Morgan fingerprint density at radius 3 is 2.61 bits per heavy atom. The van der Waals surface area contributed by atoms with Crippen LogP contribution in [0.3, 0.4) is 0 Å². The monoisotopic (exact) mass is 253 g/mol. The summed E-state index contributed by atoms with van der Waals surface area (Å²) < 4.78 is 0. The van der Waals surface area contributed by atoms with E-state index in [1.165, 1.54) is 25.7 Å². The lowest BCUT2D eigenvalue weighted by molar-refractivity contribution is -0.142. The van der Waals surface area contributed by atoms with Crippen LogP contribution in [0.4, 0.5) is 0 Å². The molecule has 2 atom stereocenters. The summed E-state index contributed by atoms with van der Waals surface area (Å²) in [5.41, 5.74) is 0.299. The fourth-order valence-corrected chi connectivity index (χ4v) is 3.36. The summed E-state index contributed by atoms with van der Waals surface area (Å²) in [6.07, 6.45) is 7.34. The van der Waals surface area contributed by atoms with Crippen molar-refractivity contribution in [3.05, 3.63) is 0 Å². The maximum Gasteiger partial charge on any atom is 0.308 e. The number of nitrogens with one attached hydrogen (secondary N) is 1. The molecule has 0 saturated heterocycles. The molecule has 2 saturated carbocycles. The largest absolute Gasteiger partial charge is 0.481 e. The third-order valence-electron chi connectivity index (χ3n) is 4.61. The standard InChI is InChI=1S/C14H23NO3/c1-2-5-10(13(17)18)9-15-12(16)11-8-14(11)6-3-4-7-14/h10-11H,2-9H2,1H3,(H,15,16)(H,17,18). The Bertz CT molecular complexity index is 334. The summed E-state index contributed by atoms with van der Waals surface area (Å²) in [5.74, 6) is -0.990. The van der Waals surface area contributed by atoms with E-state index < -0.39 is 11.9 Å². The average molecular weight is 253 g/mol. The summed E-state index contributed by atoms with van der Waals surface area (Å²) in [5, 5.41) is 11.9. The second-order valence-corrected chi connectivity index (χ2v) is 5.90. The number of hydrogen-bond donors (Lipinski definition) is 2. The van der Waals surface area contributed by atoms with Gasteiger partial charge in [0.15, 0.2) is 0 Å². The van der Waals surface area contributed by atoms with Crippen LogP contribution >= 0.6 is 0 Å². The van der Waals surface area contributed by atoms with Gasteiger partial charge in [-0.3, -0.25) is 9.59 Å². The van der Waals surface area contributed by atoms with Crippen LogP contribution in [0.25, 0.3) is 0 Å². The highest BCUT2D eigenvalue weighted by atomic mass is 16.4. The molecule has 0 aromatic heterocycles. The van der Waals surface area contributed by atoms with Crippen molar-refractivity contribution in [2.75, 3.05) is 6.54 Å². The lowest BCUT2D eigenvalue weighted by atomic mass is 10.0. The Hall–Kier alpha value is -1.06. The fourth-order valence-electron chi connectivity index (χ4n) is 3.36. The van der Waals surface area contributed by atoms with Gasteiger partial charge in [0.2, 0.25) is 5.91 Å². The molecule has 0 aliphatic heterocycles. The molecule has 4 nitrogen and oxygen atoms in total. The van der Waals surface area contributed by atoms with Gasteiger partial charge in [0.1, 0.15) is 0 Å². The van der Waals surface area contributed by atoms with Crippen LogP contribution in [0.2, 0.25) is 0 Å². The Morgan fingerprint density at radius 1 is 1.39 bits per heavy atom. The summed E-state index contributed by atoms with van der Waals surface area (Å²) in [6.45, 7) is 2.25. The van der Waals surface area contributed by atoms with Crippen molar-refractivity contribution in [3.63, 3.8) is 0 Å². The molecule has 2 aliphatic carbocycles. The third kappa shape index (κ3) is 2.68. The summed E-state index contributed by atoms with van der Waals surface area (Å²) >= 11 is 0. The van der Waals surface area contributed by atoms with Crippen molar-refractivity contribution in [2.45, 2.75) is 51.9 Å². The molecule has 18 heavy (non-hydrogen) atoms. The molecule has 1 spiro atoms. The molecule has 0 bridgehead atoms. The van der Waals surface area contributed by atoms with Gasteiger partial charge in [0, 0.05) is 12.5 Å². The van der Waals surface area contributed by atoms with Crippen LogP contribution in [0.1, 0.15) is 51.9 Å². The van der Waals surface area contributed by atoms with Crippen LogP contribution in [0, 0.1) is 17.3 Å². The maximum atomic E-state index is 12.0. The fraction of sp³-hybridized carbons (Fsp3) is 0.857. The van der Waals surface area contributed by atoms with Gasteiger partial charge in [-0.1, -0.05) is 26.2 Å². The molecule has 102 valence electrons. The first kappa shape index (κ1) is 13.4. The zero-order valence-corrected chi connectivity index (χ0v) is 11.1. The van der Waals surface area contributed by atoms with Crippen molar-refractivity contribution in [2.24, 2.45) is 17.3 Å². The van der Waals surface area contributed by atoms with Crippen LogP contribution in [0.5, 0.6) is 0 Å². The molecule has 0 heterocycles. The number of rotatable bonds is 6. The molecule has 0 aromatic carbocycles. The van der Waals surface area contributed by atoms with Gasteiger partial charge in [-0.25, -0.2) is 0 Å². The predicted molar refractivity (Wildman–Crippen MR) is 68.1 cm³/mol. The van der Waals surface area contributed by atoms with Crippen molar-refractivity contribution >= 4 is 11.9 Å². The van der Waals surface area contributed by atoms with E-state index >= 15 is 0 Å². The quantitative estimate of drug-likeness (QED) is 0.762. The first-order valence-electron chi connectivity index (χ1n) is 7.09. The Labute approximate surface area is 108 Å². The Balaban J connectivity index is 1.76. The van der Waals surface area contributed by atoms with Gasteiger partial charge in [0.25, 0.3) is 0 Å². The molecule has 2 rings (SSSR count). The average Bonchev–Trinajstić information content (AvgIpc) is 2.82. The van der Waals surface area contributed by atoms with E-state index in [-0.39, 0.29) is 18.4 Å². The van der Waals surface area contributed by atoms with Gasteiger partial charge < -0.3 is 10.4 Å². The number of carbonyl (C=O) groups excluding carboxylic acids is 1. The smallest absolute Gasteiger partial charge is 0.308 e. The normalized spacial score (nSPS) is 25.9. The van der Waals surface area contributed by atoms with Gasteiger partial charge in [-0.05, 0) is 31.1 Å². The maximum absolute atomic E-state index is 12.0. The molecule has 0 radical (unpaired) electrons. The van der Waals surface area contributed by atoms with Crippen LogP contribution < -0.4 is 5.32 Å². The number of amides is 1. The van der Waals surface area contributed by atoms with E-state index in [4.69, 9.17) is 5.11 Å². The Morgan fingerprint density at radius 2 is 2.06 bits per heavy atom. The molecule has 4 heteroatoms. The van der Waals surface area contributed by atoms with Crippen LogP contribution in [-0.4, -0.2) is 23.5 Å². The van der Waals surface area contributed by atoms with Gasteiger partial charge in [-0.15, -0.1) is 0 Å². The minimum Gasteiger partial charge on any atom is -0.481 e. The first-order valence-corrected chi connectivity index (χ1v) is 7.09. The molecule has 2 fully saturated rings. The van der Waals surface area contributed by atoms with Crippen molar-refractivity contribution < 1.29 is 14.7 Å². The van der Waals surface area contributed by atoms with Gasteiger partial charge in [-0.2, -0.15) is 0 Å². The lowest BCUT2D eigenvalue weighted by Crippen LogP contribution is -2.34. The minimum absolute atomic E-state index is 0.0826. The van der Waals surface area contributed by atoms with E-state index in [1.54, 1.807) is 0 Å². The highest BCUT2D eigenvalue weighted by molar-refractivity contribution is 5.83. The zero-order valence-electron chi connectivity index (χ0n) is 11.1. The van der Waals surface area contributed by atoms with Crippen LogP contribution in [-0.2, 0) is 9.59 Å². The molecule has 2 aliphatic rings. The zero-order chi connectivity index (χ0) is 13.2. The molecule has 2 N–H and O–H groups in total. The summed E-state index contributed by atoms with van der Waals surface area (Å²) in [7, 11) is 0. The third-order valence-corrected chi connectivity index (χ3v) is 4.61. The van der Waals surface area contributed by atoms with E-state index in [2.05, 4.69) is 5.32 Å². The molecule has 0 aromatic rings. The van der Waals surface area contributed by atoms with E-state index in [9.17, 15) is 9.59 Å². The molecule has 1 amide bonds. The SMILES string of the molecule is CCCC(CNC(=O)C1CC12CCCC2)C(=O)O. The van der Waals surface area contributed by atoms with Crippen molar-refractivity contribution in [1.82, 2.24) is 5.32 Å². The molecule has 2 unspecified atom stereocenters. The highest BCUT2D eigenvalue weighted by Crippen LogP contribution is 2.62. The topological polar surface area (TPSA) is 66.4 Å². The number of carbonyl (C=O) groups is 2. The van der Waals surface area contributed by atoms with Gasteiger partial charge >= 0.3 is 5.97 Å². The minimum atomic E-state index is -0.802. The number of carboxylic acid groups (broad SMARTS) is 1. The van der Waals surface area contributed by atoms with Gasteiger partial charge in [0.05, 0.1) is 5.92 Å². The Kier molecular flexibility index (Phi) is 3.93. The number of aliphatic carboxylic acids is 1. The van der Waals surface area contributed by atoms with E-state index in [0.717, 1.165) is 12.8 Å². The summed E-state index contributed by atoms with van der Waals surface area (Å²) in [6, 6.07) is 0. The first-order chi connectivity index (χ1) is 8.59. The number of hydrogen-bond acceptors (Lipinski definition) is 2. The molecular weight excluding hydrogens is 230 g/mol. The highest BCUT2D eigenvalue weighted by Gasteiger charge is 2.58. The second-order valence-electron chi connectivity index (χ2n) is 5.90. The predicted octanol–water partition coefficient (Wildman–Crippen LogP) is 2.18. The van der Waals surface area contributed by atoms with Crippen molar-refractivity contribution in [3.8, 4) is 0 Å². The van der Waals surface area contributed by atoms with Crippen molar-refractivity contribution in [1.29, 1.82) is 0 Å². The second kappa shape index (κ2) is 5.29. The van der Waals surface area contributed by atoms with Crippen LogP contribution in [0.15, 0.2) is 0 Å². The van der Waals surface area contributed by atoms with E-state index in [1.807, 2.05) is 6.92 Å². The van der Waals surface area contributed by atoms with E-state index in [0.29, 0.717) is 11.8 Å². The summed E-state index contributed by atoms with van der Waals surface area (Å²) in [4.78, 5) is 23.0. The number of carboxylic acids is 1. The lowest BCUT2D eigenvalue weighted by Gasteiger charge is -2.13. The molecular formula is C14H23NO3.